The Morgan fingerprint density at radius 3 is 2.65 bits per heavy atom. The lowest BCUT2D eigenvalue weighted by atomic mass is 9.81. The Morgan fingerprint density at radius 1 is 1.30 bits per heavy atom. The van der Waals surface area contributed by atoms with Gasteiger partial charge in [0.25, 0.3) is 5.91 Å². The Hall–Kier alpha value is -1.84. The van der Waals surface area contributed by atoms with Gasteiger partial charge in [0.15, 0.2) is 0 Å². The topological polar surface area (TPSA) is 57.6 Å². The highest BCUT2D eigenvalue weighted by Crippen LogP contribution is 2.30. The van der Waals surface area contributed by atoms with Crippen molar-refractivity contribution in [3.05, 3.63) is 34.9 Å². The minimum atomic E-state index is -0.828. The van der Waals surface area contributed by atoms with Crippen molar-refractivity contribution >= 4 is 11.9 Å². The number of aliphatic carboxylic acids is 1. The number of carbonyl (C=O) groups is 2. The van der Waals surface area contributed by atoms with Crippen LogP contribution in [0.2, 0.25) is 0 Å². The minimum absolute atomic E-state index is 0.0571. The molecule has 0 radical (unpaired) electrons. The predicted octanol–water partition coefficient (Wildman–Crippen LogP) is 2.63. The molecule has 1 N–H and O–H groups in total. The van der Waals surface area contributed by atoms with E-state index in [0.29, 0.717) is 18.5 Å². The third kappa shape index (κ3) is 2.55. The molecule has 1 amide bonds. The fraction of sp³-hybridized carbons (Fsp3) is 0.500. The van der Waals surface area contributed by atoms with E-state index in [-0.39, 0.29) is 12.5 Å². The van der Waals surface area contributed by atoms with E-state index in [0.717, 1.165) is 17.5 Å². The van der Waals surface area contributed by atoms with E-state index in [2.05, 4.69) is 0 Å². The van der Waals surface area contributed by atoms with E-state index in [1.165, 1.54) is 0 Å². The molecule has 1 atom stereocenters. The molecule has 1 aromatic carbocycles. The molecule has 1 saturated heterocycles. The van der Waals surface area contributed by atoms with Crippen molar-refractivity contribution in [3.8, 4) is 0 Å². The standard InChI is InChI=1S/C16H21NO3/c1-11-6-4-7-13(12(11)2)14(18)17-9-5-8-16(3,10-17)15(19)20/h4,6-7H,5,8-10H2,1-3H3,(H,19,20). The van der Waals surface area contributed by atoms with Crippen LogP contribution in [0.1, 0.15) is 41.3 Å². The number of piperidine rings is 1. The first-order valence-electron chi connectivity index (χ1n) is 6.94. The van der Waals surface area contributed by atoms with Gasteiger partial charge in [-0.15, -0.1) is 0 Å². The zero-order chi connectivity index (χ0) is 14.9. The lowest BCUT2D eigenvalue weighted by molar-refractivity contribution is -0.150. The predicted molar refractivity (Wildman–Crippen MR) is 76.8 cm³/mol. The molecule has 0 spiro atoms. The fourth-order valence-corrected chi connectivity index (χ4v) is 2.74. The number of carboxylic acids is 1. The van der Waals surface area contributed by atoms with Crippen molar-refractivity contribution in [2.24, 2.45) is 5.41 Å². The summed E-state index contributed by atoms with van der Waals surface area (Å²) in [6.45, 7) is 6.55. The van der Waals surface area contributed by atoms with Crippen molar-refractivity contribution in [1.29, 1.82) is 0 Å². The highest BCUT2D eigenvalue weighted by Gasteiger charge is 2.39. The summed E-state index contributed by atoms with van der Waals surface area (Å²) in [6, 6.07) is 5.66. The second kappa shape index (κ2) is 5.27. The molecule has 0 aromatic heterocycles. The first-order valence-corrected chi connectivity index (χ1v) is 6.94. The van der Waals surface area contributed by atoms with Crippen LogP contribution in [-0.2, 0) is 4.79 Å². The number of benzene rings is 1. The number of carbonyl (C=O) groups excluding carboxylic acids is 1. The number of amides is 1. The summed E-state index contributed by atoms with van der Waals surface area (Å²) in [5.41, 5.74) is 1.90. The van der Waals surface area contributed by atoms with E-state index >= 15 is 0 Å². The summed E-state index contributed by atoms with van der Waals surface area (Å²) in [5.74, 6) is -0.880. The molecule has 2 rings (SSSR count). The van der Waals surface area contributed by atoms with Gasteiger partial charge in [-0.25, -0.2) is 0 Å². The van der Waals surface area contributed by atoms with Gasteiger partial charge < -0.3 is 10.0 Å². The van der Waals surface area contributed by atoms with Crippen LogP contribution >= 0.6 is 0 Å². The van der Waals surface area contributed by atoms with E-state index in [1.807, 2.05) is 32.0 Å². The van der Waals surface area contributed by atoms with Gasteiger partial charge in [-0.1, -0.05) is 12.1 Å². The van der Waals surface area contributed by atoms with Crippen molar-refractivity contribution in [3.63, 3.8) is 0 Å². The lowest BCUT2D eigenvalue weighted by Crippen LogP contribution is -2.48. The molecular weight excluding hydrogens is 254 g/mol. The smallest absolute Gasteiger partial charge is 0.311 e. The number of hydrogen-bond donors (Lipinski definition) is 1. The minimum Gasteiger partial charge on any atom is -0.481 e. The Morgan fingerprint density at radius 2 is 2.00 bits per heavy atom. The van der Waals surface area contributed by atoms with Gasteiger partial charge in [-0.3, -0.25) is 9.59 Å². The Labute approximate surface area is 119 Å². The molecule has 1 aliphatic rings. The molecule has 1 heterocycles. The third-order valence-corrected chi connectivity index (χ3v) is 4.33. The van der Waals surface area contributed by atoms with Crippen LogP contribution in [0.15, 0.2) is 18.2 Å². The fourth-order valence-electron chi connectivity index (χ4n) is 2.74. The molecule has 0 bridgehead atoms. The van der Waals surface area contributed by atoms with Crippen LogP contribution in [0.3, 0.4) is 0 Å². The summed E-state index contributed by atoms with van der Waals surface area (Å²) in [6.07, 6.45) is 1.36. The van der Waals surface area contributed by atoms with E-state index in [9.17, 15) is 14.7 Å². The Balaban J connectivity index is 2.25. The molecule has 1 fully saturated rings. The molecule has 4 heteroatoms. The maximum Gasteiger partial charge on any atom is 0.311 e. The van der Waals surface area contributed by atoms with E-state index in [1.54, 1.807) is 11.8 Å². The molecule has 0 saturated carbocycles. The van der Waals surface area contributed by atoms with Crippen LogP contribution in [0.4, 0.5) is 0 Å². The molecule has 1 aromatic rings. The quantitative estimate of drug-likeness (QED) is 0.902. The zero-order valence-electron chi connectivity index (χ0n) is 12.3. The number of nitrogens with zero attached hydrogens (tertiary/aromatic N) is 1. The van der Waals surface area contributed by atoms with Crippen molar-refractivity contribution in [1.82, 2.24) is 4.90 Å². The van der Waals surface area contributed by atoms with Gasteiger partial charge in [-0.2, -0.15) is 0 Å². The summed E-state index contributed by atoms with van der Waals surface area (Å²) in [4.78, 5) is 25.7. The summed E-state index contributed by atoms with van der Waals surface area (Å²) in [7, 11) is 0. The lowest BCUT2D eigenvalue weighted by Gasteiger charge is -2.37. The Bertz CT molecular complexity index is 553. The number of rotatable bonds is 2. The van der Waals surface area contributed by atoms with Gasteiger partial charge in [0.2, 0.25) is 0 Å². The first-order chi connectivity index (χ1) is 9.35. The highest BCUT2D eigenvalue weighted by atomic mass is 16.4. The number of hydrogen-bond acceptors (Lipinski definition) is 2. The second-order valence-corrected chi connectivity index (χ2v) is 5.94. The average Bonchev–Trinajstić information content (AvgIpc) is 2.41. The molecule has 4 nitrogen and oxygen atoms in total. The maximum absolute atomic E-state index is 12.6. The number of likely N-dealkylation sites (tertiary alicyclic amines) is 1. The first kappa shape index (κ1) is 14.6. The van der Waals surface area contributed by atoms with Crippen molar-refractivity contribution in [2.75, 3.05) is 13.1 Å². The molecular formula is C16H21NO3. The Kier molecular flexibility index (Phi) is 3.84. The van der Waals surface area contributed by atoms with Gasteiger partial charge in [0.05, 0.1) is 5.41 Å². The van der Waals surface area contributed by atoms with Crippen LogP contribution in [-0.4, -0.2) is 35.0 Å². The largest absolute Gasteiger partial charge is 0.481 e. The summed E-state index contributed by atoms with van der Waals surface area (Å²) in [5, 5.41) is 9.33. The zero-order valence-corrected chi connectivity index (χ0v) is 12.3. The van der Waals surface area contributed by atoms with Crippen molar-refractivity contribution in [2.45, 2.75) is 33.6 Å². The third-order valence-electron chi connectivity index (χ3n) is 4.33. The normalized spacial score (nSPS) is 22.6. The summed E-state index contributed by atoms with van der Waals surface area (Å²) >= 11 is 0. The van der Waals surface area contributed by atoms with Crippen LogP contribution < -0.4 is 0 Å². The van der Waals surface area contributed by atoms with Gasteiger partial charge >= 0.3 is 5.97 Å². The molecule has 0 aliphatic carbocycles. The van der Waals surface area contributed by atoms with Gasteiger partial charge in [-0.05, 0) is 50.8 Å². The average molecular weight is 275 g/mol. The van der Waals surface area contributed by atoms with Crippen LogP contribution in [0, 0.1) is 19.3 Å². The molecule has 1 aliphatic heterocycles. The second-order valence-electron chi connectivity index (χ2n) is 5.94. The molecule has 108 valence electrons. The van der Waals surface area contributed by atoms with E-state index in [4.69, 9.17) is 0 Å². The number of carboxylic acid groups (broad SMARTS) is 1. The van der Waals surface area contributed by atoms with Crippen LogP contribution in [0.25, 0.3) is 0 Å². The van der Waals surface area contributed by atoms with E-state index < -0.39 is 11.4 Å². The van der Waals surface area contributed by atoms with Gasteiger partial charge in [0.1, 0.15) is 0 Å². The van der Waals surface area contributed by atoms with Crippen molar-refractivity contribution < 1.29 is 14.7 Å². The van der Waals surface area contributed by atoms with Gasteiger partial charge in [0, 0.05) is 18.7 Å². The number of aryl methyl sites for hydroxylation is 1. The maximum atomic E-state index is 12.6. The molecule has 1 unspecified atom stereocenters. The van der Waals surface area contributed by atoms with Crippen LogP contribution in [0.5, 0.6) is 0 Å². The highest BCUT2D eigenvalue weighted by molar-refractivity contribution is 5.96. The summed E-state index contributed by atoms with van der Waals surface area (Å²) < 4.78 is 0. The molecule has 20 heavy (non-hydrogen) atoms. The SMILES string of the molecule is Cc1cccc(C(=O)N2CCCC(C)(C(=O)O)C2)c1C. The monoisotopic (exact) mass is 275 g/mol.